The maximum Gasteiger partial charge on any atom is 0.248 e. The van der Waals surface area contributed by atoms with Crippen LogP contribution in [0.4, 0.5) is 0 Å². The van der Waals surface area contributed by atoms with Gasteiger partial charge >= 0.3 is 0 Å². The Morgan fingerprint density at radius 2 is 2.29 bits per heavy atom. The van der Waals surface area contributed by atoms with E-state index in [1.807, 2.05) is 16.8 Å². The summed E-state index contributed by atoms with van der Waals surface area (Å²) in [5.74, 6) is 1.29. The third-order valence-electron chi connectivity index (χ3n) is 2.56. The molecule has 2 aromatic rings. The third-order valence-corrected chi connectivity index (χ3v) is 3.24. The van der Waals surface area contributed by atoms with E-state index in [0.29, 0.717) is 11.8 Å². The molecule has 92 valence electrons. The lowest BCUT2D eigenvalue weighted by molar-refractivity contribution is 0.396. The van der Waals surface area contributed by atoms with Gasteiger partial charge in [-0.1, -0.05) is 13.8 Å². The van der Waals surface area contributed by atoms with Crippen molar-refractivity contribution >= 4 is 11.3 Å². The molecule has 2 aromatic heterocycles. The summed E-state index contributed by atoms with van der Waals surface area (Å²) in [6.07, 6.45) is 2.05. The summed E-state index contributed by atoms with van der Waals surface area (Å²) in [6.45, 7) is 5.22. The van der Waals surface area contributed by atoms with E-state index in [1.165, 1.54) is 0 Å². The van der Waals surface area contributed by atoms with Gasteiger partial charge in [0.2, 0.25) is 11.8 Å². The second kappa shape index (κ2) is 5.93. The first-order valence-corrected chi connectivity index (χ1v) is 6.88. The molecule has 0 amide bonds. The van der Waals surface area contributed by atoms with E-state index in [0.717, 1.165) is 24.9 Å². The number of aromatic nitrogens is 2. The van der Waals surface area contributed by atoms with Crippen LogP contribution in [-0.2, 0) is 0 Å². The van der Waals surface area contributed by atoms with Gasteiger partial charge in [0.25, 0.3) is 0 Å². The van der Waals surface area contributed by atoms with Gasteiger partial charge in [0.15, 0.2) is 0 Å². The van der Waals surface area contributed by atoms with Gasteiger partial charge in [-0.05, 0) is 30.8 Å². The Morgan fingerprint density at radius 3 is 2.94 bits per heavy atom. The second-order valence-electron chi connectivity index (χ2n) is 3.87. The van der Waals surface area contributed by atoms with Gasteiger partial charge in [-0.15, -0.1) is 10.2 Å². The molecule has 0 aliphatic carbocycles. The monoisotopic (exact) mass is 251 g/mol. The molecule has 17 heavy (non-hydrogen) atoms. The standard InChI is InChI=1S/C12H17N3OS/c1-3-6-13-10(4-2)12-15-14-11(16-12)9-5-7-17-8-9/h5,7-8,10,13H,3-4,6H2,1-2H3. The van der Waals surface area contributed by atoms with Crippen molar-refractivity contribution in [3.63, 3.8) is 0 Å². The van der Waals surface area contributed by atoms with Crippen LogP contribution in [0.15, 0.2) is 21.2 Å². The molecular formula is C12H17N3OS. The molecule has 0 fully saturated rings. The van der Waals surface area contributed by atoms with E-state index in [2.05, 4.69) is 29.4 Å². The molecule has 0 saturated heterocycles. The minimum absolute atomic E-state index is 0.162. The first kappa shape index (κ1) is 12.3. The zero-order valence-electron chi connectivity index (χ0n) is 10.1. The Kier molecular flexibility index (Phi) is 4.28. The van der Waals surface area contributed by atoms with Crippen LogP contribution in [0.1, 0.15) is 38.6 Å². The van der Waals surface area contributed by atoms with E-state index in [4.69, 9.17) is 4.42 Å². The van der Waals surface area contributed by atoms with Crippen LogP contribution in [0.25, 0.3) is 11.5 Å². The number of hydrogen-bond acceptors (Lipinski definition) is 5. The van der Waals surface area contributed by atoms with Gasteiger partial charge in [-0.25, -0.2) is 0 Å². The van der Waals surface area contributed by atoms with E-state index < -0.39 is 0 Å². The van der Waals surface area contributed by atoms with Crippen molar-refractivity contribution in [3.05, 3.63) is 22.7 Å². The van der Waals surface area contributed by atoms with E-state index in [9.17, 15) is 0 Å². The molecule has 1 N–H and O–H groups in total. The molecule has 1 atom stereocenters. The number of nitrogens with one attached hydrogen (secondary N) is 1. The number of nitrogens with zero attached hydrogens (tertiary/aromatic N) is 2. The van der Waals surface area contributed by atoms with Crippen LogP contribution >= 0.6 is 11.3 Å². The Bertz CT molecular complexity index is 438. The van der Waals surface area contributed by atoms with Crippen LogP contribution in [-0.4, -0.2) is 16.7 Å². The van der Waals surface area contributed by atoms with Gasteiger partial charge in [0, 0.05) is 10.9 Å². The molecule has 4 nitrogen and oxygen atoms in total. The van der Waals surface area contributed by atoms with Crippen molar-refractivity contribution in [1.82, 2.24) is 15.5 Å². The minimum Gasteiger partial charge on any atom is -0.419 e. The lowest BCUT2D eigenvalue weighted by Gasteiger charge is -2.11. The first-order chi connectivity index (χ1) is 8.35. The average molecular weight is 251 g/mol. The Hall–Kier alpha value is -1.20. The summed E-state index contributed by atoms with van der Waals surface area (Å²) >= 11 is 1.63. The van der Waals surface area contributed by atoms with E-state index in [-0.39, 0.29) is 6.04 Å². The average Bonchev–Trinajstić information content (AvgIpc) is 3.00. The third kappa shape index (κ3) is 2.92. The first-order valence-electron chi connectivity index (χ1n) is 5.94. The van der Waals surface area contributed by atoms with Crippen LogP contribution in [0, 0.1) is 0 Å². The summed E-state index contributed by atoms with van der Waals surface area (Å²) in [6, 6.07) is 2.15. The van der Waals surface area contributed by atoms with Crippen molar-refractivity contribution < 1.29 is 4.42 Å². The second-order valence-corrected chi connectivity index (χ2v) is 4.65. The molecule has 5 heteroatoms. The summed E-state index contributed by atoms with van der Waals surface area (Å²) in [4.78, 5) is 0. The normalized spacial score (nSPS) is 12.8. The van der Waals surface area contributed by atoms with Crippen molar-refractivity contribution in [1.29, 1.82) is 0 Å². The quantitative estimate of drug-likeness (QED) is 0.856. The highest BCUT2D eigenvalue weighted by Gasteiger charge is 2.16. The predicted molar refractivity (Wildman–Crippen MR) is 68.9 cm³/mol. The van der Waals surface area contributed by atoms with Crippen LogP contribution in [0.5, 0.6) is 0 Å². The van der Waals surface area contributed by atoms with Crippen molar-refractivity contribution in [2.24, 2.45) is 0 Å². The van der Waals surface area contributed by atoms with Crippen LogP contribution in [0.2, 0.25) is 0 Å². The Balaban J connectivity index is 2.11. The summed E-state index contributed by atoms with van der Waals surface area (Å²) in [7, 11) is 0. The fourth-order valence-electron chi connectivity index (χ4n) is 1.60. The zero-order valence-corrected chi connectivity index (χ0v) is 11.0. The SMILES string of the molecule is CCCNC(CC)c1nnc(-c2ccsc2)o1. The van der Waals surface area contributed by atoms with Gasteiger partial charge in [-0.3, -0.25) is 0 Å². The maximum atomic E-state index is 5.70. The zero-order chi connectivity index (χ0) is 12.1. The molecule has 0 spiro atoms. The highest BCUT2D eigenvalue weighted by atomic mass is 32.1. The fraction of sp³-hybridized carbons (Fsp3) is 0.500. The number of thiophene rings is 1. The minimum atomic E-state index is 0.162. The van der Waals surface area contributed by atoms with Gasteiger partial charge in [-0.2, -0.15) is 11.3 Å². The predicted octanol–water partition coefficient (Wildman–Crippen LogP) is 3.25. The Labute approximate surface area is 105 Å². The molecule has 2 rings (SSSR count). The van der Waals surface area contributed by atoms with Gasteiger partial charge in [0.05, 0.1) is 6.04 Å². The molecule has 0 aliphatic rings. The molecule has 0 saturated carbocycles. The number of rotatable bonds is 6. The molecule has 2 heterocycles. The summed E-state index contributed by atoms with van der Waals surface area (Å²) in [5.41, 5.74) is 0.999. The lowest BCUT2D eigenvalue weighted by Crippen LogP contribution is -2.21. The highest BCUT2D eigenvalue weighted by molar-refractivity contribution is 7.08. The molecule has 0 bridgehead atoms. The van der Waals surface area contributed by atoms with E-state index >= 15 is 0 Å². The highest BCUT2D eigenvalue weighted by Crippen LogP contribution is 2.23. The largest absolute Gasteiger partial charge is 0.419 e. The molecule has 1 unspecified atom stereocenters. The molecule has 0 aromatic carbocycles. The maximum absolute atomic E-state index is 5.70. The molecule has 0 radical (unpaired) electrons. The summed E-state index contributed by atoms with van der Waals surface area (Å²) in [5, 5.41) is 15.6. The van der Waals surface area contributed by atoms with Crippen molar-refractivity contribution in [3.8, 4) is 11.5 Å². The molecular weight excluding hydrogens is 234 g/mol. The smallest absolute Gasteiger partial charge is 0.248 e. The Morgan fingerprint density at radius 1 is 1.41 bits per heavy atom. The van der Waals surface area contributed by atoms with Crippen LogP contribution < -0.4 is 5.32 Å². The van der Waals surface area contributed by atoms with E-state index in [1.54, 1.807) is 11.3 Å². The number of hydrogen-bond donors (Lipinski definition) is 1. The molecule has 0 aliphatic heterocycles. The van der Waals surface area contributed by atoms with Crippen molar-refractivity contribution in [2.75, 3.05) is 6.54 Å². The van der Waals surface area contributed by atoms with Crippen LogP contribution in [0.3, 0.4) is 0 Å². The van der Waals surface area contributed by atoms with Gasteiger partial charge in [0.1, 0.15) is 0 Å². The summed E-state index contributed by atoms with van der Waals surface area (Å²) < 4.78 is 5.70. The van der Waals surface area contributed by atoms with Gasteiger partial charge < -0.3 is 9.73 Å². The van der Waals surface area contributed by atoms with Crippen molar-refractivity contribution in [2.45, 2.75) is 32.7 Å². The fourth-order valence-corrected chi connectivity index (χ4v) is 2.23. The topological polar surface area (TPSA) is 51.0 Å². The lowest BCUT2D eigenvalue weighted by atomic mass is 10.2.